The summed E-state index contributed by atoms with van der Waals surface area (Å²) in [6.45, 7) is 3.93. The number of carboxylic acid groups (broad SMARTS) is 2. The molecular formula is C19H19NO5. The van der Waals surface area contributed by atoms with Gasteiger partial charge in [0, 0.05) is 5.69 Å². The number of anilines is 1. The summed E-state index contributed by atoms with van der Waals surface area (Å²) < 4.78 is 0. The van der Waals surface area contributed by atoms with Gasteiger partial charge in [0.1, 0.15) is 0 Å². The molecule has 0 saturated carbocycles. The molecule has 2 aromatic rings. The quantitative estimate of drug-likeness (QED) is 0.746. The van der Waals surface area contributed by atoms with Crippen LogP contribution in [0.25, 0.3) is 0 Å². The predicted octanol–water partition coefficient (Wildman–Crippen LogP) is 3.46. The van der Waals surface area contributed by atoms with Gasteiger partial charge < -0.3 is 15.5 Å². The van der Waals surface area contributed by atoms with Crippen molar-refractivity contribution in [2.75, 3.05) is 5.32 Å². The molecule has 0 heterocycles. The molecule has 2 aromatic carbocycles. The van der Waals surface area contributed by atoms with E-state index in [9.17, 15) is 19.5 Å². The zero-order chi connectivity index (χ0) is 18.6. The van der Waals surface area contributed by atoms with Crippen LogP contribution in [0, 0.1) is 0 Å². The molecule has 3 N–H and O–H groups in total. The number of rotatable bonds is 6. The van der Waals surface area contributed by atoms with Gasteiger partial charge in [-0.1, -0.05) is 32.0 Å². The molecule has 1 amide bonds. The van der Waals surface area contributed by atoms with Crippen LogP contribution in [0.5, 0.6) is 0 Å². The topological polar surface area (TPSA) is 104 Å². The number of carboxylic acids is 2. The van der Waals surface area contributed by atoms with Crippen molar-refractivity contribution in [2.45, 2.75) is 26.7 Å². The van der Waals surface area contributed by atoms with Crippen LogP contribution in [0.1, 0.15) is 56.0 Å². The zero-order valence-electron chi connectivity index (χ0n) is 14.0. The highest BCUT2D eigenvalue weighted by molar-refractivity contribution is 6.12. The Morgan fingerprint density at radius 3 is 1.96 bits per heavy atom. The number of para-hydroxylation sites is 1. The second-order valence-electron chi connectivity index (χ2n) is 5.48. The molecule has 0 atom stereocenters. The lowest BCUT2D eigenvalue weighted by Gasteiger charge is -2.15. The Bertz CT molecular complexity index is 819. The van der Waals surface area contributed by atoms with Crippen molar-refractivity contribution < 1.29 is 24.6 Å². The van der Waals surface area contributed by atoms with Crippen molar-refractivity contribution in [3.8, 4) is 0 Å². The molecule has 0 spiro atoms. The molecule has 6 nitrogen and oxygen atoms in total. The first-order valence-electron chi connectivity index (χ1n) is 7.91. The van der Waals surface area contributed by atoms with Crippen molar-refractivity contribution in [3.05, 3.63) is 64.2 Å². The van der Waals surface area contributed by atoms with E-state index in [-0.39, 0.29) is 16.7 Å². The van der Waals surface area contributed by atoms with Gasteiger partial charge in [-0.15, -0.1) is 0 Å². The van der Waals surface area contributed by atoms with E-state index in [1.165, 1.54) is 12.1 Å². The third kappa shape index (κ3) is 3.85. The Balaban J connectivity index is 2.46. The summed E-state index contributed by atoms with van der Waals surface area (Å²) in [5, 5.41) is 21.1. The molecule has 0 unspecified atom stereocenters. The van der Waals surface area contributed by atoms with Crippen LogP contribution < -0.4 is 5.32 Å². The standard InChI is InChI=1S/C19H19NO5/c1-3-11-6-5-7-12(4-2)16(11)20-17(21)14-9-8-13(18(22)23)10-15(14)19(24)25/h5-10H,3-4H2,1-2H3,(H,20,21)(H,22,23)(H,24,25). The molecule has 0 radical (unpaired) electrons. The highest BCUT2D eigenvalue weighted by Crippen LogP contribution is 2.24. The van der Waals surface area contributed by atoms with Crippen LogP contribution in [0.2, 0.25) is 0 Å². The largest absolute Gasteiger partial charge is 0.478 e. The normalized spacial score (nSPS) is 10.3. The summed E-state index contributed by atoms with van der Waals surface area (Å²) in [5.41, 5.74) is 1.97. The van der Waals surface area contributed by atoms with Gasteiger partial charge >= 0.3 is 11.9 Å². The van der Waals surface area contributed by atoms with Crippen molar-refractivity contribution in [1.82, 2.24) is 0 Å². The van der Waals surface area contributed by atoms with Crippen LogP contribution in [0.15, 0.2) is 36.4 Å². The average molecular weight is 341 g/mol. The van der Waals surface area contributed by atoms with Gasteiger partial charge in [-0.3, -0.25) is 4.79 Å². The van der Waals surface area contributed by atoms with Gasteiger partial charge in [0.15, 0.2) is 0 Å². The van der Waals surface area contributed by atoms with Crippen molar-refractivity contribution in [1.29, 1.82) is 0 Å². The lowest BCUT2D eigenvalue weighted by atomic mass is 10.0. The van der Waals surface area contributed by atoms with Crippen LogP contribution >= 0.6 is 0 Å². The summed E-state index contributed by atoms with van der Waals surface area (Å²) >= 11 is 0. The molecule has 0 bridgehead atoms. The third-order valence-corrected chi connectivity index (χ3v) is 3.98. The summed E-state index contributed by atoms with van der Waals surface area (Å²) in [6, 6.07) is 9.16. The second-order valence-corrected chi connectivity index (χ2v) is 5.48. The van der Waals surface area contributed by atoms with Gasteiger partial charge in [-0.2, -0.15) is 0 Å². The number of aromatic carboxylic acids is 2. The van der Waals surface area contributed by atoms with Crippen LogP contribution in [-0.2, 0) is 12.8 Å². The van der Waals surface area contributed by atoms with E-state index in [0.29, 0.717) is 18.5 Å². The molecule has 0 aromatic heterocycles. The molecule has 0 aliphatic carbocycles. The molecule has 0 fully saturated rings. The Hall–Kier alpha value is -3.15. The molecule has 0 aliphatic heterocycles. The molecule has 0 aliphatic rings. The maximum atomic E-state index is 12.6. The Morgan fingerprint density at radius 2 is 1.48 bits per heavy atom. The van der Waals surface area contributed by atoms with Crippen molar-refractivity contribution in [2.24, 2.45) is 0 Å². The number of nitrogens with one attached hydrogen (secondary N) is 1. The van der Waals surface area contributed by atoms with Crippen LogP contribution in [0.4, 0.5) is 5.69 Å². The van der Waals surface area contributed by atoms with E-state index in [1.807, 2.05) is 32.0 Å². The second kappa shape index (κ2) is 7.61. The highest BCUT2D eigenvalue weighted by Gasteiger charge is 2.20. The summed E-state index contributed by atoms with van der Waals surface area (Å²) in [5.74, 6) is -3.18. The van der Waals surface area contributed by atoms with E-state index in [0.717, 1.165) is 17.2 Å². The SMILES string of the molecule is CCc1cccc(CC)c1NC(=O)c1ccc(C(=O)O)cc1C(=O)O. The minimum Gasteiger partial charge on any atom is -0.478 e. The van der Waals surface area contributed by atoms with Gasteiger partial charge in [-0.05, 0) is 42.2 Å². The molecule has 2 rings (SSSR count). The monoisotopic (exact) mass is 341 g/mol. The number of amides is 1. The Morgan fingerprint density at radius 1 is 0.880 bits per heavy atom. The molecular weight excluding hydrogens is 322 g/mol. The summed E-state index contributed by atoms with van der Waals surface area (Å²) in [7, 11) is 0. The van der Waals surface area contributed by atoms with E-state index in [2.05, 4.69) is 5.32 Å². The van der Waals surface area contributed by atoms with Crippen LogP contribution in [-0.4, -0.2) is 28.1 Å². The lowest BCUT2D eigenvalue weighted by Crippen LogP contribution is -2.19. The van der Waals surface area contributed by atoms with Crippen molar-refractivity contribution in [3.63, 3.8) is 0 Å². The van der Waals surface area contributed by atoms with Gasteiger partial charge in [0.2, 0.25) is 0 Å². The highest BCUT2D eigenvalue weighted by atomic mass is 16.4. The average Bonchev–Trinajstić information content (AvgIpc) is 2.61. The van der Waals surface area contributed by atoms with E-state index in [1.54, 1.807) is 0 Å². The van der Waals surface area contributed by atoms with Gasteiger partial charge in [0.05, 0.1) is 16.7 Å². The van der Waals surface area contributed by atoms with Gasteiger partial charge in [0.25, 0.3) is 5.91 Å². The third-order valence-electron chi connectivity index (χ3n) is 3.98. The molecule has 6 heteroatoms. The maximum absolute atomic E-state index is 12.6. The first-order valence-corrected chi connectivity index (χ1v) is 7.91. The maximum Gasteiger partial charge on any atom is 0.336 e. The minimum atomic E-state index is -1.35. The predicted molar refractivity (Wildman–Crippen MR) is 93.5 cm³/mol. The fraction of sp³-hybridized carbons (Fsp3) is 0.211. The Labute approximate surface area is 145 Å². The smallest absolute Gasteiger partial charge is 0.336 e. The number of hydrogen-bond acceptors (Lipinski definition) is 3. The van der Waals surface area contributed by atoms with Crippen LogP contribution in [0.3, 0.4) is 0 Å². The first-order chi connectivity index (χ1) is 11.9. The summed E-state index contributed by atoms with van der Waals surface area (Å²) in [6.07, 6.45) is 1.43. The van der Waals surface area contributed by atoms with Gasteiger partial charge in [-0.25, -0.2) is 9.59 Å². The van der Waals surface area contributed by atoms with E-state index >= 15 is 0 Å². The number of carbonyl (C=O) groups is 3. The van der Waals surface area contributed by atoms with E-state index < -0.39 is 17.8 Å². The number of aryl methyl sites for hydroxylation is 2. The summed E-state index contributed by atoms with van der Waals surface area (Å²) in [4.78, 5) is 35.1. The fourth-order valence-corrected chi connectivity index (χ4v) is 2.64. The molecule has 25 heavy (non-hydrogen) atoms. The first kappa shape index (κ1) is 18.2. The number of benzene rings is 2. The molecule has 130 valence electrons. The van der Waals surface area contributed by atoms with Crippen molar-refractivity contribution >= 4 is 23.5 Å². The molecule has 0 saturated heterocycles. The number of carbonyl (C=O) groups excluding carboxylic acids is 1. The lowest BCUT2D eigenvalue weighted by molar-refractivity contribution is 0.0692. The minimum absolute atomic E-state index is 0.0783. The zero-order valence-corrected chi connectivity index (χ0v) is 14.0. The fourth-order valence-electron chi connectivity index (χ4n) is 2.64. The Kier molecular flexibility index (Phi) is 5.54. The van der Waals surface area contributed by atoms with E-state index in [4.69, 9.17) is 5.11 Å². The number of hydrogen-bond donors (Lipinski definition) is 3.